The molecule has 0 bridgehead atoms. The Morgan fingerprint density at radius 1 is 1.18 bits per heavy atom. The molecule has 3 rings (SSSR count). The fourth-order valence-corrected chi connectivity index (χ4v) is 2.95. The number of anilines is 1. The number of amides is 1. The number of para-hydroxylation sites is 1. The van der Waals surface area contributed by atoms with E-state index in [0.717, 1.165) is 23.1 Å². The fourth-order valence-electron chi connectivity index (χ4n) is 2.35. The fraction of sp³-hybridized carbons (Fsp3) is 0.158. The van der Waals surface area contributed by atoms with Crippen molar-refractivity contribution in [1.82, 2.24) is 15.2 Å². The van der Waals surface area contributed by atoms with E-state index in [1.54, 1.807) is 25.3 Å². The summed E-state index contributed by atoms with van der Waals surface area (Å²) in [6.45, 7) is 0. The standard InChI is InChI=1S/C19H17FN4O3S/c1-27-13-8-6-12(7-9-13)10-16-18(26)22-19(24-23-16)28-11-17(25)21-15-5-3-2-4-14(15)20/h2-9H,10-11H2,1H3,(H,21,25)(H,22,24,26). The highest BCUT2D eigenvalue weighted by atomic mass is 32.2. The van der Waals surface area contributed by atoms with E-state index in [4.69, 9.17) is 4.74 Å². The largest absolute Gasteiger partial charge is 0.497 e. The zero-order valence-corrected chi connectivity index (χ0v) is 15.8. The second-order valence-electron chi connectivity index (χ2n) is 5.75. The minimum absolute atomic E-state index is 0.0449. The molecule has 0 aliphatic carbocycles. The Balaban J connectivity index is 1.58. The van der Waals surface area contributed by atoms with Gasteiger partial charge in [-0.1, -0.05) is 36.0 Å². The minimum atomic E-state index is -0.517. The molecule has 7 nitrogen and oxygen atoms in total. The zero-order valence-electron chi connectivity index (χ0n) is 14.9. The summed E-state index contributed by atoms with van der Waals surface area (Å²) in [6, 6.07) is 13.2. The maximum absolute atomic E-state index is 13.5. The van der Waals surface area contributed by atoms with Crippen molar-refractivity contribution in [3.63, 3.8) is 0 Å². The number of aromatic nitrogens is 3. The van der Waals surface area contributed by atoms with E-state index < -0.39 is 11.7 Å². The van der Waals surface area contributed by atoms with E-state index in [0.29, 0.717) is 6.42 Å². The first kappa shape index (κ1) is 19.6. The molecule has 2 N–H and O–H groups in total. The van der Waals surface area contributed by atoms with Gasteiger partial charge in [0, 0.05) is 6.42 Å². The van der Waals surface area contributed by atoms with Gasteiger partial charge in [0.05, 0.1) is 18.6 Å². The van der Waals surface area contributed by atoms with Crippen molar-refractivity contribution in [1.29, 1.82) is 0 Å². The van der Waals surface area contributed by atoms with Crippen LogP contribution < -0.4 is 15.6 Å². The molecule has 0 aliphatic rings. The summed E-state index contributed by atoms with van der Waals surface area (Å²) in [6.07, 6.45) is 0.324. The quantitative estimate of drug-likeness (QED) is 0.592. The van der Waals surface area contributed by atoms with Crippen molar-refractivity contribution in [2.75, 3.05) is 18.2 Å². The summed E-state index contributed by atoms with van der Waals surface area (Å²) in [5, 5.41) is 10.6. The van der Waals surface area contributed by atoms with Gasteiger partial charge in [-0.15, -0.1) is 10.2 Å². The Labute approximate surface area is 164 Å². The van der Waals surface area contributed by atoms with Crippen molar-refractivity contribution in [3.05, 3.63) is 76.0 Å². The highest BCUT2D eigenvalue weighted by Gasteiger charge is 2.10. The van der Waals surface area contributed by atoms with Crippen LogP contribution in [0.5, 0.6) is 5.75 Å². The summed E-state index contributed by atoms with van der Waals surface area (Å²) in [4.78, 5) is 26.7. The molecule has 9 heteroatoms. The third-order valence-corrected chi connectivity index (χ3v) is 4.63. The smallest absolute Gasteiger partial charge is 0.273 e. The lowest BCUT2D eigenvalue weighted by molar-refractivity contribution is -0.113. The molecule has 144 valence electrons. The third kappa shape index (κ3) is 5.17. The lowest BCUT2D eigenvalue weighted by atomic mass is 10.1. The maximum atomic E-state index is 13.5. The molecule has 1 aromatic heterocycles. The lowest BCUT2D eigenvalue weighted by Crippen LogP contribution is -2.19. The van der Waals surface area contributed by atoms with Crippen LogP contribution in [-0.4, -0.2) is 34.0 Å². The topological polar surface area (TPSA) is 97.0 Å². The number of carbonyl (C=O) groups excluding carboxylic acids is 1. The molecule has 0 saturated carbocycles. The Hall–Kier alpha value is -3.20. The average Bonchev–Trinajstić information content (AvgIpc) is 2.70. The number of ether oxygens (including phenoxy) is 1. The molecule has 0 saturated heterocycles. The van der Waals surface area contributed by atoms with Crippen LogP contribution in [-0.2, 0) is 11.2 Å². The molecule has 28 heavy (non-hydrogen) atoms. The van der Waals surface area contributed by atoms with Crippen LogP contribution in [0.15, 0.2) is 58.5 Å². The molecular formula is C19H17FN4O3S. The molecule has 2 aromatic carbocycles. The van der Waals surface area contributed by atoms with E-state index in [1.807, 2.05) is 12.1 Å². The van der Waals surface area contributed by atoms with Crippen LogP contribution in [0.1, 0.15) is 11.3 Å². The Morgan fingerprint density at radius 3 is 2.61 bits per heavy atom. The minimum Gasteiger partial charge on any atom is -0.497 e. The number of hydrogen-bond acceptors (Lipinski definition) is 6. The Morgan fingerprint density at radius 2 is 1.93 bits per heavy atom. The first-order valence-corrected chi connectivity index (χ1v) is 9.29. The number of hydrogen-bond donors (Lipinski definition) is 2. The number of nitrogens with zero attached hydrogens (tertiary/aromatic N) is 2. The van der Waals surface area contributed by atoms with Crippen LogP contribution in [0.3, 0.4) is 0 Å². The van der Waals surface area contributed by atoms with Crippen LogP contribution in [0, 0.1) is 5.82 Å². The molecular weight excluding hydrogens is 383 g/mol. The van der Waals surface area contributed by atoms with Crippen molar-refractivity contribution in [2.24, 2.45) is 0 Å². The molecule has 0 fully saturated rings. The average molecular weight is 400 g/mol. The Kier molecular flexibility index (Phi) is 6.38. The first-order chi connectivity index (χ1) is 13.5. The molecule has 0 radical (unpaired) electrons. The number of nitrogens with one attached hydrogen (secondary N) is 2. The second-order valence-corrected chi connectivity index (χ2v) is 6.71. The van der Waals surface area contributed by atoms with Gasteiger partial charge in [-0.2, -0.15) is 0 Å². The summed E-state index contributed by atoms with van der Waals surface area (Å²) in [7, 11) is 1.58. The summed E-state index contributed by atoms with van der Waals surface area (Å²) in [5.74, 6) is -0.252. The number of benzene rings is 2. The van der Waals surface area contributed by atoms with E-state index in [-0.39, 0.29) is 27.8 Å². The molecule has 1 amide bonds. The third-order valence-electron chi connectivity index (χ3n) is 3.76. The van der Waals surface area contributed by atoms with E-state index >= 15 is 0 Å². The molecule has 0 unspecified atom stereocenters. The highest BCUT2D eigenvalue weighted by molar-refractivity contribution is 7.99. The van der Waals surface area contributed by atoms with E-state index in [2.05, 4.69) is 20.5 Å². The van der Waals surface area contributed by atoms with Crippen molar-refractivity contribution in [2.45, 2.75) is 11.6 Å². The van der Waals surface area contributed by atoms with Gasteiger partial charge in [0.15, 0.2) is 5.16 Å². The monoisotopic (exact) mass is 400 g/mol. The SMILES string of the molecule is COc1ccc(Cc2nnc(SCC(=O)Nc3ccccc3F)[nH]c2=O)cc1. The van der Waals surface area contributed by atoms with Gasteiger partial charge in [-0.25, -0.2) is 4.39 Å². The first-order valence-electron chi connectivity index (χ1n) is 8.31. The number of thioether (sulfide) groups is 1. The maximum Gasteiger partial charge on any atom is 0.273 e. The predicted octanol–water partition coefficient (Wildman–Crippen LogP) is 2.63. The predicted molar refractivity (Wildman–Crippen MR) is 104 cm³/mol. The normalized spacial score (nSPS) is 10.5. The molecule has 0 atom stereocenters. The lowest BCUT2D eigenvalue weighted by Gasteiger charge is -2.06. The number of carbonyl (C=O) groups is 1. The Bertz CT molecular complexity index is 1020. The number of halogens is 1. The zero-order chi connectivity index (χ0) is 19.9. The summed E-state index contributed by atoms with van der Waals surface area (Å²) < 4.78 is 18.6. The van der Waals surface area contributed by atoms with Crippen molar-refractivity contribution < 1.29 is 13.9 Å². The van der Waals surface area contributed by atoms with E-state index in [9.17, 15) is 14.0 Å². The molecule has 1 heterocycles. The second kappa shape index (κ2) is 9.14. The van der Waals surface area contributed by atoms with Crippen molar-refractivity contribution >= 4 is 23.4 Å². The summed E-state index contributed by atoms with van der Waals surface area (Å²) >= 11 is 1.01. The molecule has 0 spiro atoms. The summed E-state index contributed by atoms with van der Waals surface area (Å²) in [5.41, 5.74) is 0.890. The van der Waals surface area contributed by atoms with Gasteiger partial charge in [0.1, 0.15) is 17.3 Å². The number of H-pyrrole nitrogens is 1. The van der Waals surface area contributed by atoms with Gasteiger partial charge in [0.2, 0.25) is 5.91 Å². The number of methoxy groups -OCH3 is 1. The van der Waals surface area contributed by atoms with Crippen LogP contribution in [0.2, 0.25) is 0 Å². The number of rotatable bonds is 7. The van der Waals surface area contributed by atoms with Gasteiger partial charge in [-0.05, 0) is 29.8 Å². The molecule has 0 aliphatic heterocycles. The van der Waals surface area contributed by atoms with Gasteiger partial charge in [0.25, 0.3) is 5.56 Å². The number of aromatic amines is 1. The van der Waals surface area contributed by atoms with Gasteiger partial charge in [-0.3, -0.25) is 14.6 Å². The molecule has 3 aromatic rings. The van der Waals surface area contributed by atoms with Crippen LogP contribution >= 0.6 is 11.8 Å². The van der Waals surface area contributed by atoms with E-state index in [1.165, 1.54) is 18.2 Å². The van der Waals surface area contributed by atoms with Gasteiger partial charge < -0.3 is 10.1 Å². The van der Waals surface area contributed by atoms with Gasteiger partial charge >= 0.3 is 0 Å². The van der Waals surface area contributed by atoms with Crippen LogP contribution in [0.4, 0.5) is 10.1 Å². The van der Waals surface area contributed by atoms with Crippen LogP contribution in [0.25, 0.3) is 0 Å². The highest BCUT2D eigenvalue weighted by Crippen LogP contribution is 2.16. The van der Waals surface area contributed by atoms with Crippen molar-refractivity contribution in [3.8, 4) is 5.75 Å².